The minimum atomic E-state index is -0.277. The first kappa shape index (κ1) is 22.4. The van der Waals surface area contributed by atoms with Crippen LogP contribution in [0.4, 0.5) is 5.69 Å². The van der Waals surface area contributed by atoms with E-state index in [1.165, 1.54) is 0 Å². The van der Waals surface area contributed by atoms with E-state index in [0.29, 0.717) is 5.02 Å². The van der Waals surface area contributed by atoms with Crippen molar-refractivity contribution in [2.24, 2.45) is 21.1 Å². The fourth-order valence-electron chi connectivity index (χ4n) is 3.16. The number of benzene rings is 1. The summed E-state index contributed by atoms with van der Waals surface area (Å²) < 4.78 is 0. The Balaban J connectivity index is 2.22. The van der Waals surface area contributed by atoms with Crippen LogP contribution in [0.5, 0.6) is 0 Å². The number of ketones is 1. The number of Topliss-reactive ketones (excluding diaryl/α,β-unsaturated/α-hetero) is 1. The van der Waals surface area contributed by atoms with Crippen LogP contribution in [0.1, 0.15) is 46.4 Å². The van der Waals surface area contributed by atoms with Crippen LogP contribution in [0.15, 0.2) is 80.9 Å². The van der Waals surface area contributed by atoms with Gasteiger partial charge in [0.15, 0.2) is 5.78 Å². The molecule has 3 nitrogen and oxygen atoms in total. The molecule has 0 aliphatic heterocycles. The quantitative estimate of drug-likeness (QED) is 0.443. The van der Waals surface area contributed by atoms with E-state index in [-0.39, 0.29) is 16.6 Å². The second-order valence-electron chi connectivity index (χ2n) is 9.40. The average Bonchev–Trinajstić information content (AvgIpc) is 3.17. The molecule has 0 unspecified atom stereocenters. The first-order chi connectivity index (χ1) is 14.0. The van der Waals surface area contributed by atoms with Gasteiger partial charge in [0.05, 0.1) is 10.6 Å². The zero-order valence-electron chi connectivity index (χ0n) is 18.3. The van der Waals surface area contributed by atoms with Gasteiger partial charge in [-0.25, -0.2) is 0 Å². The number of rotatable bonds is 3. The molecule has 1 aliphatic carbocycles. The molecule has 1 aromatic carbocycles. The topological polar surface area (TPSA) is 41.8 Å². The molecule has 3 rings (SSSR count). The summed E-state index contributed by atoms with van der Waals surface area (Å²) in [5.74, 6) is 0.110. The number of allylic oxidation sites excluding steroid dienone is 5. The van der Waals surface area contributed by atoms with Crippen molar-refractivity contribution in [2.75, 3.05) is 0 Å². The minimum Gasteiger partial charge on any atom is -0.289 e. The van der Waals surface area contributed by atoms with Crippen molar-refractivity contribution in [3.63, 3.8) is 0 Å². The number of hydrogen-bond acceptors (Lipinski definition) is 4. The van der Waals surface area contributed by atoms with Gasteiger partial charge in [-0.3, -0.25) is 4.79 Å². The molecule has 0 atom stereocenters. The third-order valence-electron chi connectivity index (χ3n) is 4.83. The normalized spacial score (nSPS) is 15.4. The van der Waals surface area contributed by atoms with Crippen LogP contribution in [-0.2, 0) is 4.79 Å². The van der Waals surface area contributed by atoms with Crippen LogP contribution in [0.3, 0.4) is 0 Å². The van der Waals surface area contributed by atoms with E-state index in [9.17, 15) is 4.79 Å². The maximum absolute atomic E-state index is 13.3. The lowest BCUT2D eigenvalue weighted by molar-refractivity contribution is -0.114. The van der Waals surface area contributed by atoms with Gasteiger partial charge >= 0.3 is 0 Å². The van der Waals surface area contributed by atoms with Crippen molar-refractivity contribution in [2.45, 2.75) is 41.5 Å². The summed E-state index contributed by atoms with van der Waals surface area (Å²) in [5, 5.41) is 11.7. The highest BCUT2D eigenvalue weighted by Crippen LogP contribution is 2.41. The lowest BCUT2D eigenvalue weighted by Gasteiger charge is -2.31. The molecule has 1 aromatic heterocycles. The summed E-state index contributed by atoms with van der Waals surface area (Å²) in [6.45, 7) is 12.4. The Hall–Kier alpha value is -2.30. The third kappa shape index (κ3) is 5.05. The molecule has 0 fully saturated rings. The summed E-state index contributed by atoms with van der Waals surface area (Å²) in [5.41, 5.74) is 3.42. The number of thiophene rings is 1. The van der Waals surface area contributed by atoms with Crippen molar-refractivity contribution < 1.29 is 4.79 Å². The highest BCUT2D eigenvalue weighted by molar-refractivity contribution is 7.11. The third-order valence-corrected chi connectivity index (χ3v) is 5.95. The maximum atomic E-state index is 13.3. The highest BCUT2D eigenvalue weighted by Gasteiger charge is 2.34. The van der Waals surface area contributed by atoms with E-state index in [1.807, 2.05) is 41.8 Å². The Morgan fingerprint density at radius 1 is 0.900 bits per heavy atom. The van der Waals surface area contributed by atoms with E-state index < -0.39 is 0 Å². The predicted octanol–water partition coefficient (Wildman–Crippen LogP) is 8.42. The van der Waals surface area contributed by atoms with Gasteiger partial charge in [0.25, 0.3) is 0 Å². The number of carbonyl (C=O) groups is 1. The number of hydrogen-bond donors (Lipinski definition) is 0. The van der Waals surface area contributed by atoms with Crippen molar-refractivity contribution in [1.29, 1.82) is 0 Å². The molecular formula is C25H27ClN2OS. The smallest absolute Gasteiger partial charge is 0.186 e. The minimum absolute atomic E-state index is 0.110. The van der Waals surface area contributed by atoms with Gasteiger partial charge in [-0.05, 0) is 58.7 Å². The van der Waals surface area contributed by atoms with Crippen LogP contribution in [0, 0.1) is 10.8 Å². The van der Waals surface area contributed by atoms with Crippen molar-refractivity contribution in [3.05, 3.63) is 80.5 Å². The molecule has 0 radical (unpaired) electrons. The molecule has 0 N–H and O–H groups in total. The summed E-state index contributed by atoms with van der Waals surface area (Å²) in [6, 6.07) is 11.3. The van der Waals surface area contributed by atoms with Crippen LogP contribution in [-0.4, -0.2) is 5.78 Å². The monoisotopic (exact) mass is 438 g/mol. The standard InChI is InChI=1S/C25H27ClN2OS/c1-24(2,3)19-14-16(15-20(23(19)29)25(4,5)6)22(21-8-7-13-30-21)28-27-18-11-9-17(26)10-12-18/h7-15H,1-6H3. The van der Waals surface area contributed by atoms with Gasteiger partial charge in [-0.1, -0.05) is 59.2 Å². The number of azo groups is 1. The molecule has 2 aromatic rings. The summed E-state index contributed by atoms with van der Waals surface area (Å²) in [6.07, 6.45) is 3.96. The van der Waals surface area contributed by atoms with Crippen molar-refractivity contribution in [3.8, 4) is 0 Å². The Morgan fingerprint density at radius 2 is 1.47 bits per heavy atom. The molecule has 0 amide bonds. The number of carbonyl (C=O) groups excluding carboxylic acids is 1. The maximum Gasteiger partial charge on any atom is 0.186 e. The summed E-state index contributed by atoms with van der Waals surface area (Å²) in [4.78, 5) is 14.3. The predicted molar refractivity (Wildman–Crippen MR) is 127 cm³/mol. The van der Waals surface area contributed by atoms with Gasteiger partial charge in [-0.2, -0.15) is 5.11 Å². The molecule has 5 heteroatoms. The number of nitrogens with zero attached hydrogens (tertiary/aromatic N) is 2. The molecule has 30 heavy (non-hydrogen) atoms. The first-order valence-corrected chi connectivity index (χ1v) is 11.2. The fraction of sp³-hybridized carbons (Fsp3) is 0.320. The Bertz CT molecular complexity index is 1020. The fourth-order valence-corrected chi connectivity index (χ4v) is 4.02. The van der Waals surface area contributed by atoms with Crippen LogP contribution < -0.4 is 0 Å². The van der Waals surface area contributed by atoms with E-state index in [2.05, 4.69) is 51.8 Å². The van der Waals surface area contributed by atoms with Crippen molar-refractivity contribution >= 4 is 40.1 Å². The zero-order chi connectivity index (χ0) is 22.1. The average molecular weight is 439 g/mol. The van der Waals surface area contributed by atoms with Gasteiger partial charge < -0.3 is 0 Å². The lowest BCUT2D eigenvalue weighted by atomic mass is 9.71. The molecule has 1 heterocycles. The Kier molecular flexibility index (Phi) is 6.30. The highest BCUT2D eigenvalue weighted by atomic mass is 35.5. The van der Waals surface area contributed by atoms with Gasteiger partial charge in [0, 0.05) is 21.7 Å². The van der Waals surface area contributed by atoms with Crippen LogP contribution >= 0.6 is 22.9 Å². The number of halogens is 1. The first-order valence-electron chi connectivity index (χ1n) is 9.91. The second kappa shape index (κ2) is 8.44. The lowest BCUT2D eigenvalue weighted by Crippen LogP contribution is -2.28. The van der Waals surface area contributed by atoms with E-state index in [0.717, 1.165) is 33.0 Å². The van der Waals surface area contributed by atoms with Crippen LogP contribution in [0.2, 0.25) is 5.02 Å². The SMILES string of the molecule is CC(C)(C)C1=CC(=C(N=Nc2ccc(Cl)cc2)c2cccs2)C=C(C(C)(C)C)C1=O. The molecule has 156 valence electrons. The van der Waals surface area contributed by atoms with E-state index in [1.54, 1.807) is 23.5 Å². The van der Waals surface area contributed by atoms with E-state index in [4.69, 9.17) is 11.6 Å². The molecule has 0 spiro atoms. The Labute approximate surface area is 187 Å². The van der Waals surface area contributed by atoms with Gasteiger partial charge in [0.2, 0.25) is 0 Å². The second-order valence-corrected chi connectivity index (χ2v) is 10.8. The largest absolute Gasteiger partial charge is 0.289 e. The van der Waals surface area contributed by atoms with Gasteiger partial charge in [-0.15, -0.1) is 16.5 Å². The molecule has 1 aliphatic rings. The van der Waals surface area contributed by atoms with E-state index >= 15 is 0 Å². The van der Waals surface area contributed by atoms with Crippen molar-refractivity contribution in [1.82, 2.24) is 0 Å². The summed E-state index contributed by atoms with van der Waals surface area (Å²) in [7, 11) is 0. The van der Waals surface area contributed by atoms with Gasteiger partial charge in [0.1, 0.15) is 5.70 Å². The van der Waals surface area contributed by atoms with Crippen LogP contribution in [0.25, 0.3) is 5.70 Å². The molecule has 0 saturated heterocycles. The Morgan fingerprint density at radius 3 is 1.93 bits per heavy atom. The zero-order valence-corrected chi connectivity index (χ0v) is 19.9. The molecule has 0 bridgehead atoms. The molecular weight excluding hydrogens is 412 g/mol. The molecule has 0 saturated carbocycles. The summed E-state index contributed by atoms with van der Waals surface area (Å²) >= 11 is 7.59.